The topological polar surface area (TPSA) is 25.2 Å². The molecule has 0 amide bonds. The van der Waals surface area contributed by atoms with Gasteiger partial charge in [0.25, 0.3) is 0 Å². The van der Waals surface area contributed by atoms with Crippen LogP contribution in [-0.2, 0) is 13.0 Å². The molecule has 0 aliphatic heterocycles. The number of nitrogens with one attached hydrogen (secondary N) is 1. The van der Waals surface area contributed by atoms with Crippen LogP contribution in [0.5, 0.6) is 0 Å². The van der Waals surface area contributed by atoms with E-state index < -0.39 is 0 Å². The van der Waals surface area contributed by atoms with E-state index in [2.05, 4.69) is 45.1 Å². The Labute approximate surface area is 93.1 Å². The lowest BCUT2D eigenvalue weighted by atomic mass is 10.0. The Hall–Kier alpha value is -0.760. The Balaban J connectivity index is 2.36. The summed E-state index contributed by atoms with van der Waals surface area (Å²) in [6.07, 6.45) is 2.19. The molecule has 0 radical (unpaired) electrons. The molecule has 0 bridgehead atoms. The van der Waals surface area contributed by atoms with Crippen LogP contribution in [0.2, 0.25) is 0 Å². The van der Waals surface area contributed by atoms with Gasteiger partial charge in [-0.2, -0.15) is 0 Å². The summed E-state index contributed by atoms with van der Waals surface area (Å²) < 4.78 is 5.63. The molecule has 0 saturated heterocycles. The summed E-state index contributed by atoms with van der Waals surface area (Å²) in [6.45, 7) is 9.68. The first kappa shape index (κ1) is 12.3. The molecule has 86 valence electrons. The van der Waals surface area contributed by atoms with Gasteiger partial charge in [0.1, 0.15) is 11.5 Å². The van der Waals surface area contributed by atoms with Gasteiger partial charge in [-0.1, -0.05) is 27.2 Å². The number of hydrogen-bond acceptors (Lipinski definition) is 2. The van der Waals surface area contributed by atoms with Crippen LogP contribution in [0.3, 0.4) is 0 Å². The lowest BCUT2D eigenvalue weighted by Crippen LogP contribution is -2.31. The molecular formula is C13H23NO. The van der Waals surface area contributed by atoms with Crippen molar-refractivity contribution in [3.8, 4) is 0 Å². The quantitative estimate of drug-likeness (QED) is 0.777. The van der Waals surface area contributed by atoms with Gasteiger partial charge in [0.05, 0.1) is 6.54 Å². The zero-order valence-corrected chi connectivity index (χ0v) is 10.3. The highest BCUT2D eigenvalue weighted by Gasteiger charge is 2.09. The highest BCUT2D eigenvalue weighted by molar-refractivity contribution is 5.06. The van der Waals surface area contributed by atoms with Gasteiger partial charge >= 0.3 is 0 Å². The van der Waals surface area contributed by atoms with E-state index in [1.807, 2.05) is 0 Å². The SMILES string of the molecule is CCc1ccc(CNC(C)C(C)CC)o1. The van der Waals surface area contributed by atoms with Crippen molar-refractivity contribution < 1.29 is 4.42 Å². The van der Waals surface area contributed by atoms with Gasteiger partial charge in [-0.3, -0.25) is 0 Å². The van der Waals surface area contributed by atoms with Gasteiger partial charge in [-0.25, -0.2) is 0 Å². The van der Waals surface area contributed by atoms with E-state index in [1.54, 1.807) is 0 Å². The summed E-state index contributed by atoms with van der Waals surface area (Å²) in [5.41, 5.74) is 0. The van der Waals surface area contributed by atoms with Crippen LogP contribution >= 0.6 is 0 Å². The van der Waals surface area contributed by atoms with Gasteiger partial charge in [0.2, 0.25) is 0 Å². The molecule has 0 aliphatic carbocycles. The molecule has 15 heavy (non-hydrogen) atoms. The first-order valence-electron chi connectivity index (χ1n) is 5.98. The standard InChI is InChI=1S/C13H23NO/c1-5-10(3)11(4)14-9-13-8-7-12(6-2)15-13/h7-8,10-11,14H,5-6,9H2,1-4H3. The predicted octanol–water partition coefficient (Wildman–Crippen LogP) is 3.37. The van der Waals surface area contributed by atoms with E-state index in [4.69, 9.17) is 4.42 Å². The van der Waals surface area contributed by atoms with Crippen molar-refractivity contribution in [2.24, 2.45) is 5.92 Å². The van der Waals surface area contributed by atoms with Gasteiger partial charge in [0, 0.05) is 12.5 Å². The van der Waals surface area contributed by atoms with Crippen LogP contribution in [0.4, 0.5) is 0 Å². The summed E-state index contributed by atoms with van der Waals surface area (Å²) in [5, 5.41) is 3.49. The number of rotatable bonds is 6. The van der Waals surface area contributed by atoms with Crippen LogP contribution in [0, 0.1) is 5.92 Å². The molecule has 1 aromatic heterocycles. The minimum absolute atomic E-state index is 0.546. The van der Waals surface area contributed by atoms with Crippen LogP contribution in [-0.4, -0.2) is 6.04 Å². The first-order valence-corrected chi connectivity index (χ1v) is 5.98. The molecule has 0 saturated carbocycles. The van der Waals surface area contributed by atoms with Crippen LogP contribution < -0.4 is 5.32 Å². The van der Waals surface area contributed by atoms with Crippen LogP contribution in [0.25, 0.3) is 0 Å². The van der Waals surface area contributed by atoms with Crippen molar-refractivity contribution in [2.45, 2.75) is 53.1 Å². The molecule has 1 N–H and O–H groups in total. The van der Waals surface area contributed by atoms with Crippen molar-refractivity contribution in [3.05, 3.63) is 23.7 Å². The van der Waals surface area contributed by atoms with Gasteiger partial charge in [-0.15, -0.1) is 0 Å². The summed E-state index contributed by atoms with van der Waals surface area (Å²) in [7, 11) is 0. The minimum Gasteiger partial charge on any atom is -0.465 e. The Morgan fingerprint density at radius 1 is 1.20 bits per heavy atom. The Morgan fingerprint density at radius 3 is 2.40 bits per heavy atom. The minimum atomic E-state index is 0.546. The molecule has 0 fully saturated rings. The number of aryl methyl sites for hydroxylation is 1. The van der Waals surface area contributed by atoms with E-state index >= 15 is 0 Å². The monoisotopic (exact) mass is 209 g/mol. The fourth-order valence-corrected chi connectivity index (χ4v) is 1.52. The third-order valence-electron chi connectivity index (χ3n) is 3.16. The van der Waals surface area contributed by atoms with Crippen molar-refractivity contribution >= 4 is 0 Å². The molecule has 2 unspecified atom stereocenters. The lowest BCUT2D eigenvalue weighted by molar-refractivity contribution is 0.365. The maximum atomic E-state index is 5.63. The summed E-state index contributed by atoms with van der Waals surface area (Å²) >= 11 is 0. The molecule has 2 atom stereocenters. The van der Waals surface area contributed by atoms with Crippen molar-refractivity contribution in [3.63, 3.8) is 0 Å². The average Bonchev–Trinajstić information content (AvgIpc) is 2.72. The third-order valence-corrected chi connectivity index (χ3v) is 3.16. The summed E-state index contributed by atoms with van der Waals surface area (Å²) in [5.74, 6) is 2.83. The van der Waals surface area contributed by atoms with E-state index in [0.717, 1.165) is 24.5 Å². The predicted molar refractivity (Wildman–Crippen MR) is 63.8 cm³/mol. The summed E-state index contributed by atoms with van der Waals surface area (Å²) in [4.78, 5) is 0. The van der Waals surface area contributed by atoms with Gasteiger partial charge < -0.3 is 9.73 Å². The van der Waals surface area contributed by atoms with Crippen molar-refractivity contribution in [2.75, 3.05) is 0 Å². The average molecular weight is 209 g/mol. The third kappa shape index (κ3) is 3.71. The van der Waals surface area contributed by atoms with E-state index in [9.17, 15) is 0 Å². The van der Waals surface area contributed by atoms with Crippen molar-refractivity contribution in [1.29, 1.82) is 0 Å². The molecule has 2 nitrogen and oxygen atoms in total. The van der Waals surface area contributed by atoms with Gasteiger partial charge in [-0.05, 0) is 25.0 Å². The van der Waals surface area contributed by atoms with Crippen LogP contribution in [0.15, 0.2) is 16.5 Å². The largest absolute Gasteiger partial charge is 0.465 e. The Bertz CT molecular complexity index is 280. The lowest BCUT2D eigenvalue weighted by Gasteiger charge is -2.19. The molecule has 2 heteroatoms. The second kappa shape index (κ2) is 5.96. The smallest absolute Gasteiger partial charge is 0.117 e. The molecule has 0 aliphatic rings. The van der Waals surface area contributed by atoms with Crippen LogP contribution in [0.1, 0.15) is 45.6 Å². The molecular weight excluding hydrogens is 186 g/mol. The highest BCUT2D eigenvalue weighted by atomic mass is 16.3. The maximum absolute atomic E-state index is 5.63. The van der Waals surface area contributed by atoms with E-state index in [-0.39, 0.29) is 0 Å². The zero-order valence-electron chi connectivity index (χ0n) is 10.3. The van der Waals surface area contributed by atoms with Crippen molar-refractivity contribution in [1.82, 2.24) is 5.32 Å². The first-order chi connectivity index (χ1) is 7.17. The fourth-order valence-electron chi connectivity index (χ4n) is 1.52. The molecule has 0 spiro atoms. The normalized spacial score (nSPS) is 15.2. The number of furan rings is 1. The van der Waals surface area contributed by atoms with Gasteiger partial charge in [0.15, 0.2) is 0 Å². The number of hydrogen-bond donors (Lipinski definition) is 1. The Kier molecular flexibility index (Phi) is 4.89. The Morgan fingerprint density at radius 2 is 1.87 bits per heavy atom. The van der Waals surface area contributed by atoms with E-state index in [0.29, 0.717) is 12.0 Å². The molecule has 0 aromatic carbocycles. The molecule has 1 heterocycles. The highest BCUT2D eigenvalue weighted by Crippen LogP contribution is 2.10. The molecule has 1 rings (SSSR count). The summed E-state index contributed by atoms with van der Waals surface area (Å²) in [6, 6.07) is 4.67. The second-order valence-electron chi connectivity index (χ2n) is 4.28. The van der Waals surface area contributed by atoms with E-state index in [1.165, 1.54) is 6.42 Å². The second-order valence-corrected chi connectivity index (χ2v) is 4.28. The fraction of sp³-hybridized carbons (Fsp3) is 0.692. The molecule has 1 aromatic rings. The zero-order chi connectivity index (χ0) is 11.3. The maximum Gasteiger partial charge on any atom is 0.117 e.